The second-order valence-electron chi connectivity index (χ2n) is 13.5. The number of carbonyl (C=O) groups is 1. The minimum Gasteiger partial charge on any atom is -0.370 e. The number of carbonyl (C=O) groups excluding carboxylic acids is 1. The van der Waals surface area contributed by atoms with E-state index in [4.69, 9.17) is 10.7 Å². The molecule has 3 aliphatic heterocycles. The van der Waals surface area contributed by atoms with Crippen molar-refractivity contribution < 1.29 is 4.79 Å². The van der Waals surface area contributed by atoms with Crippen molar-refractivity contribution in [1.29, 1.82) is 0 Å². The predicted octanol–water partition coefficient (Wildman–Crippen LogP) is 6.01. The Bertz CT molecular complexity index is 1120. The molecule has 38 heavy (non-hydrogen) atoms. The summed E-state index contributed by atoms with van der Waals surface area (Å²) >= 11 is 0. The zero-order chi connectivity index (χ0) is 25.6. The summed E-state index contributed by atoms with van der Waals surface area (Å²) in [4.78, 5) is 20.0. The summed E-state index contributed by atoms with van der Waals surface area (Å²) in [5.41, 5.74) is 7.99. The highest BCUT2D eigenvalue weighted by atomic mass is 16.1. The molecule has 4 heterocycles. The maximum atomic E-state index is 11.7. The number of nitrogens with two attached hydrogens (primary N) is 1. The van der Waals surface area contributed by atoms with Crippen LogP contribution >= 0.6 is 0 Å². The lowest BCUT2D eigenvalue weighted by Crippen LogP contribution is -2.58. The van der Waals surface area contributed by atoms with E-state index >= 15 is 0 Å². The summed E-state index contributed by atoms with van der Waals surface area (Å²) in [6, 6.07) is 11.9. The van der Waals surface area contributed by atoms with Crippen molar-refractivity contribution >= 4 is 16.9 Å². The van der Waals surface area contributed by atoms with E-state index in [1.807, 2.05) is 0 Å². The third-order valence-corrected chi connectivity index (χ3v) is 11.0. The zero-order valence-corrected chi connectivity index (χ0v) is 23.1. The lowest BCUT2D eigenvalue weighted by molar-refractivity contribution is -0.118. The van der Waals surface area contributed by atoms with Crippen molar-refractivity contribution in [2.24, 2.45) is 17.6 Å². The van der Waals surface area contributed by atoms with E-state index in [0.717, 1.165) is 42.7 Å². The smallest absolute Gasteiger partial charge is 0.218 e. The summed E-state index contributed by atoms with van der Waals surface area (Å²) in [6.07, 6.45) is 20.6. The van der Waals surface area contributed by atoms with Gasteiger partial charge in [-0.15, -0.1) is 0 Å². The number of nitrogens with zero attached hydrogens (tertiary/aromatic N) is 3. The van der Waals surface area contributed by atoms with Crippen LogP contribution in [0.15, 0.2) is 24.3 Å². The Morgan fingerprint density at radius 3 is 2.26 bits per heavy atom. The Morgan fingerprint density at radius 1 is 0.816 bits per heavy atom. The molecule has 3 N–H and O–H groups in total. The molecule has 5 fully saturated rings. The highest BCUT2D eigenvalue weighted by Gasteiger charge is 2.45. The third kappa shape index (κ3) is 4.81. The molecule has 206 valence electrons. The van der Waals surface area contributed by atoms with Gasteiger partial charge in [0.2, 0.25) is 5.91 Å². The molecule has 3 saturated heterocycles. The second-order valence-corrected chi connectivity index (χ2v) is 13.5. The van der Waals surface area contributed by atoms with Crippen molar-refractivity contribution in [2.75, 3.05) is 0 Å². The molecular formula is C32H47N5O. The number of piperidine rings is 3. The first-order valence-corrected chi connectivity index (χ1v) is 15.9. The van der Waals surface area contributed by atoms with Crippen molar-refractivity contribution in [3.8, 4) is 0 Å². The monoisotopic (exact) mass is 517 g/mol. The molecule has 3 unspecified atom stereocenters. The summed E-state index contributed by atoms with van der Waals surface area (Å²) in [5, 5.41) is 3.79. The Hall–Kier alpha value is -1.92. The minimum atomic E-state index is -0.209. The molecule has 4 bridgehead atoms. The molecule has 5 aliphatic rings. The molecule has 2 aromatic rings. The zero-order valence-electron chi connectivity index (χ0n) is 23.1. The second kappa shape index (κ2) is 10.6. The summed E-state index contributed by atoms with van der Waals surface area (Å²) in [6.45, 7) is 0. The number of para-hydroxylation sites is 2. The SMILES string of the molecule is NC(=O)CC1CCC[C@H](c2nc3ccccc3n2C2C[C@H]3CCC[C@@H](C2)N3C2C[C@H]3CCCC[C@@H](C2)C3)N1. The van der Waals surface area contributed by atoms with Gasteiger partial charge in [-0.2, -0.15) is 0 Å². The van der Waals surface area contributed by atoms with Crippen molar-refractivity contribution in [3.05, 3.63) is 30.1 Å². The largest absolute Gasteiger partial charge is 0.370 e. The van der Waals surface area contributed by atoms with Crippen LogP contribution in [0.4, 0.5) is 0 Å². The van der Waals surface area contributed by atoms with Gasteiger partial charge < -0.3 is 15.6 Å². The molecule has 1 aromatic carbocycles. The van der Waals surface area contributed by atoms with E-state index < -0.39 is 0 Å². The van der Waals surface area contributed by atoms with Crippen LogP contribution in [0.5, 0.6) is 0 Å². The fourth-order valence-corrected chi connectivity index (χ4v) is 9.63. The number of rotatable bonds is 5. The Kier molecular flexibility index (Phi) is 6.98. The van der Waals surface area contributed by atoms with Gasteiger partial charge in [0.05, 0.1) is 17.1 Å². The first kappa shape index (κ1) is 25.1. The highest BCUT2D eigenvalue weighted by molar-refractivity contribution is 5.76. The van der Waals surface area contributed by atoms with Gasteiger partial charge in [-0.25, -0.2) is 4.98 Å². The molecule has 0 radical (unpaired) electrons. The van der Waals surface area contributed by atoms with Crippen LogP contribution in [0.3, 0.4) is 0 Å². The average Bonchev–Trinajstić information content (AvgIpc) is 3.21. The van der Waals surface area contributed by atoms with Gasteiger partial charge in [0, 0.05) is 36.6 Å². The molecule has 1 aromatic heterocycles. The van der Waals surface area contributed by atoms with Crippen LogP contribution in [-0.2, 0) is 4.79 Å². The first-order valence-electron chi connectivity index (χ1n) is 15.9. The molecule has 6 nitrogen and oxygen atoms in total. The van der Waals surface area contributed by atoms with Crippen LogP contribution in [-0.4, -0.2) is 44.5 Å². The quantitative estimate of drug-likeness (QED) is 0.509. The third-order valence-electron chi connectivity index (χ3n) is 11.0. The van der Waals surface area contributed by atoms with Crippen LogP contribution in [0.25, 0.3) is 11.0 Å². The highest BCUT2D eigenvalue weighted by Crippen LogP contribution is 2.48. The van der Waals surface area contributed by atoms with Gasteiger partial charge in [0.1, 0.15) is 5.82 Å². The van der Waals surface area contributed by atoms with E-state index in [1.165, 1.54) is 88.4 Å². The normalized spacial score (nSPS) is 38.1. The van der Waals surface area contributed by atoms with E-state index in [9.17, 15) is 4.79 Å². The maximum Gasteiger partial charge on any atom is 0.218 e. The van der Waals surface area contributed by atoms with Gasteiger partial charge in [0.25, 0.3) is 0 Å². The van der Waals surface area contributed by atoms with E-state index in [0.29, 0.717) is 24.5 Å². The maximum absolute atomic E-state index is 11.7. The number of benzene rings is 1. The van der Waals surface area contributed by atoms with Gasteiger partial charge >= 0.3 is 0 Å². The van der Waals surface area contributed by atoms with Crippen molar-refractivity contribution in [2.45, 2.75) is 139 Å². The number of nitrogens with one attached hydrogen (secondary N) is 1. The van der Waals surface area contributed by atoms with Crippen LogP contribution in [0.2, 0.25) is 0 Å². The molecule has 2 saturated carbocycles. The van der Waals surface area contributed by atoms with Gasteiger partial charge in [0.15, 0.2) is 0 Å². The molecular weight excluding hydrogens is 470 g/mol. The van der Waals surface area contributed by atoms with Crippen LogP contribution in [0, 0.1) is 11.8 Å². The van der Waals surface area contributed by atoms with Gasteiger partial charge in [-0.05, 0) is 88.2 Å². The predicted molar refractivity (Wildman–Crippen MR) is 152 cm³/mol. The lowest BCUT2D eigenvalue weighted by Gasteiger charge is -2.55. The molecule has 0 spiro atoms. The number of imidazole rings is 1. The summed E-state index contributed by atoms with van der Waals surface area (Å²) < 4.78 is 2.64. The number of hydrogen-bond acceptors (Lipinski definition) is 4. The van der Waals surface area contributed by atoms with E-state index in [2.05, 4.69) is 39.0 Å². The van der Waals surface area contributed by atoms with Crippen LogP contribution in [0.1, 0.15) is 121 Å². The molecule has 2 aliphatic carbocycles. The Morgan fingerprint density at radius 2 is 1.53 bits per heavy atom. The standard InChI is InChI=1S/C32H47N5O/c33-31(38)18-23-9-5-13-29(34-23)32-35-28-12-3-4-14-30(28)37(32)27-19-24-10-6-11-25(20-27)36(24)26-16-21-7-1-2-8-22(15-21)17-26/h3-4,12,14,21-27,29,34H,1-2,5-11,13,15-20H2,(H2,33,38)/t21-,22+,23?,24-,25+,26?,27?,29-/m1/s1. The molecule has 1 amide bonds. The van der Waals surface area contributed by atoms with E-state index in [-0.39, 0.29) is 18.0 Å². The summed E-state index contributed by atoms with van der Waals surface area (Å²) in [5.74, 6) is 2.95. The van der Waals surface area contributed by atoms with Gasteiger partial charge in [-0.1, -0.05) is 44.2 Å². The van der Waals surface area contributed by atoms with Gasteiger partial charge in [-0.3, -0.25) is 9.69 Å². The van der Waals surface area contributed by atoms with Crippen LogP contribution < -0.4 is 11.1 Å². The number of fused-ring (bicyclic) bond motifs is 5. The average molecular weight is 518 g/mol. The van der Waals surface area contributed by atoms with Crippen molar-refractivity contribution in [3.63, 3.8) is 0 Å². The fourth-order valence-electron chi connectivity index (χ4n) is 9.63. The molecule has 7 rings (SSSR count). The molecule has 6 heteroatoms. The summed E-state index contributed by atoms with van der Waals surface area (Å²) in [7, 11) is 0. The Labute approximate surface area is 228 Å². The van der Waals surface area contributed by atoms with E-state index in [1.54, 1.807) is 0 Å². The van der Waals surface area contributed by atoms with Crippen molar-refractivity contribution in [1.82, 2.24) is 19.8 Å². The lowest BCUT2D eigenvalue weighted by atomic mass is 9.73. The minimum absolute atomic E-state index is 0.163. The molecule has 8 atom stereocenters. The number of primary amides is 1. The number of amides is 1. The number of aromatic nitrogens is 2. The number of hydrogen-bond donors (Lipinski definition) is 2. The topological polar surface area (TPSA) is 76.2 Å². The Balaban J connectivity index is 1.17. The fraction of sp³-hybridized carbons (Fsp3) is 0.750. The first-order chi connectivity index (χ1) is 18.6.